The van der Waals surface area contributed by atoms with Gasteiger partial charge in [0, 0.05) is 45.1 Å². The monoisotopic (exact) mass is 497 g/mol. The third-order valence-electron chi connectivity index (χ3n) is 4.97. The summed E-state index contributed by atoms with van der Waals surface area (Å²) in [5.74, 6) is 0. The average molecular weight is 498 g/mol. The van der Waals surface area contributed by atoms with Crippen molar-refractivity contribution in [1.29, 1.82) is 0 Å². The smallest absolute Gasteiger partial charge is 0.167 e. The van der Waals surface area contributed by atoms with Gasteiger partial charge < -0.3 is 9.08 Å². The fourth-order valence-corrected chi connectivity index (χ4v) is 4.57. The number of nitrogens with one attached hydrogen (secondary N) is 1. The third kappa shape index (κ3) is 5.01. The van der Waals surface area contributed by atoms with E-state index in [1.807, 2.05) is 75.4 Å². The largest absolute Gasteiger partial charge is 0.598 e. The molecule has 2 aromatic carbocycles. The molecule has 0 aliphatic heterocycles. The number of rotatable bonds is 6. The summed E-state index contributed by atoms with van der Waals surface area (Å²) in [7, 11) is 0. The van der Waals surface area contributed by atoms with Crippen molar-refractivity contribution < 1.29 is 9.08 Å². The Morgan fingerprint density at radius 3 is 2.61 bits per heavy atom. The van der Waals surface area contributed by atoms with Crippen LogP contribution >= 0.6 is 15.9 Å². The number of fused-ring (bicyclic) bond motifs is 1. The van der Waals surface area contributed by atoms with Crippen molar-refractivity contribution in [3.63, 3.8) is 0 Å². The van der Waals surface area contributed by atoms with Crippen LogP contribution in [0.25, 0.3) is 22.2 Å². The van der Waals surface area contributed by atoms with Gasteiger partial charge in [0.15, 0.2) is 5.58 Å². The van der Waals surface area contributed by atoms with Crippen LogP contribution in [0.3, 0.4) is 0 Å². The molecule has 4 aromatic rings. The Balaban J connectivity index is 1.83. The lowest BCUT2D eigenvalue weighted by atomic mass is 9.94. The zero-order valence-corrected chi connectivity index (χ0v) is 20.0. The molecule has 0 radical (unpaired) electrons. The molecule has 0 saturated heterocycles. The Hall–Kier alpha value is -2.19. The number of benzene rings is 2. The first-order valence-electron chi connectivity index (χ1n) is 10.0. The predicted octanol–water partition coefficient (Wildman–Crippen LogP) is 5.99. The molecular weight excluding hydrogens is 474 g/mol. The topological polar surface area (TPSA) is 74.0 Å². The van der Waals surface area contributed by atoms with E-state index in [0.717, 1.165) is 38.0 Å². The molecule has 2 atom stereocenters. The van der Waals surface area contributed by atoms with E-state index < -0.39 is 16.1 Å². The number of pyridine rings is 1. The summed E-state index contributed by atoms with van der Waals surface area (Å²) in [6, 6.07) is 19.5. The lowest BCUT2D eigenvalue weighted by Gasteiger charge is -2.29. The predicted molar refractivity (Wildman–Crippen MR) is 129 cm³/mol. The number of aromatic nitrogens is 2. The van der Waals surface area contributed by atoms with E-state index in [4.69, 9.17) is 4.52 Å². The maximum absolute atomic E-state index is 13.1. The van der Waals surface area contributed by atoms with E-state index in [-0.39, 0.29) is 6.04 Å². The summed E-state index contributed by atoms with van der Waals surface area (Å²) in [4.78, 5) is 4.49. The lowest BCUT2D eigenvalue weighted by Crippen LogP contribution is -2.42. The molecule has 2 aromatic heterocycles. The maximum atomic E-state index is 13.1. The molecule has 160 valence electrons. The van der Waals surface area contributed by atoms with E-state index in [9.17, 15) is 4.55 Å². The summed E-state index contributed by atoms with van der Waals surface area (Å²) in [5.41, 5.74) is 4.34. The number of hydrogen-bond acceptors (Lipinski definition) is 5. The first-order valence-corrected chi connectivity index (χ1v) is 12.0. The molecule has 0 aliphatic carbocycles. The standard InChI is InChI=1S/C24H24BrN3O2S/c1-24(2,3)31(29)28-21(15-17-8-6-7-13-26-17)20-14-16(25)11-12-18(20)23-19-9-4-5-10-22(19)30-27-23/h4-14,21,28H,15H2,1-3H3/t21?,31-/m0/s1. The molecule has 0 aliphatic rings. The molecule has 0 amide bonds. The molecule has 7 heteroatoms. The van der Waals surface area contributed by atoms with Crippen LogP contribution in [0.4, 0.5) is 0 Å². The normalized spacial score (nSPS) is 14.0. The highest BCUT2D eigenvalue weighted by atomic mass is 79.9. The second kappa shape index (κ2) is 9.12. The molecule has 1 unspecified atom stereocenters. The highest BCUT2D eigenvalue weighted by Crippen LogP contribution is 2.36. The molecule has 5 nitrogen and oxygen atoms in total. The second-order valence-electron chi connectivity index (χ2n) is 8.34. The van der Waals surface area contributed by atoms with Gasteiger partial charge >= 0.3 is 0 Å². The van der Waals surface area contributed by atoms with Gasteiger partial charge in [-0.2, -0.15) is 0 Å². The third-order valence-corrected chi connectivity index (χ3v) is 7.07. The van der Waals surface area contributed by atoms with Crippen LogP contribution in [0.2, 0.25) is 0 Å². The van der Waals surface area contributed by atoms with Crippen LogP contribution < -0.4 is 4.72 Å². The van der Waals surface area contributed by atoms with Gasteiger partial charge in [0.05, 0.1) is 6.04 Å². The first kappa shape index (κ1) is 22.0. The van der Waals surface area contributed by atoms with Crippen molar-refractivity contribution in [2.45, 2.75) is 38.0 Å². The van der Waals surface area contributed by atoms with Crippen LogP contribution in [0.5, 0.6) is 0 Å². The van der Waals surface area contributed by atoms with Crippen molar-refractivity contribution in [1.82, 2.24) is 14.9 Å². The molecule has 0 saturated carbocycles. The highest BCUT2D eigenvalue weighted by molar-refractivity contribution is 9.10. The van der Waals surface area contributed by atoms with Gasteiger partial charge in [-0.15, -0.1) is 4.72 Å². The van der Waals surface area contributed by atoms with Crippen molar-refractivity contribution >= 4 is 38.3 Å². The van der Waals surface area contributed by atoms with Gasteiger partial charge in [-0.05, 0) is 62.7 Å². The molecule has 0 bridgehead atoms. The molecule has 0 fully saturated rings. The Morgan fingerprint density at radius 2 is 1.87 bits per heavy atom. The van der Waals surface area contributed by atoms with Crippen LogP contribution in [-0.4, -0.2) is 19.4 Å². The van der Waals surface area contributed by atoms with E-state index in [1.165, 1.54) is 0 Å². The average Bonchev–Trinajstić information content (AvgIpc) is 3.17. The minimum atomic E-state index is -1.27. The van der Waals surface area contributed by atoms with Crippen molar-refractivity contribution in [3.8, 4) is 11.3 Å². The SMILES string of the molecule is CC(C)(C)[S@+]([O-])NC(Cc1ccccn1)c1cc(Br)ccc1-c1noc2ccccc12. The molecule has 1 N–H and O–H groups in total. The van der Waals surface area contributed by atoms with Gasteiger partial charge in [0.1, 0.15) is 10.4 Å². The van der Waals surface area contributed by atoms with Crippen molar-refractivity contribution in [2.24, 2.45) is 0 Å². The van der Waals surface area contributed by atoms with Crippen LogP contribution in [-0.2, 0) is 17.8 Å². The van der Waals surface area contributed by atoms with Crippen molar-refractivity contribution in [2.75, 3.05) is 0 Å². The summed E-state index contributed by atoms with van der Waals surface area (Å²) in [5, 5.41) is 5.31. The van der Waals surface area contributed by atoms with Crippen LogP contribution in [0.15, 0.2) is 75.9 Å². The minimum Gasteiger partial charge on any atom is -0.598 e. The Labute approximate surface area is 193 Å². The summed E-state index contributed by atoms with van der Waals surface area (Å²) in [6.45, 7) is 5.88. The highest BCUT2D eigenvalue weighted by Gasteiger charge is 2.31. The minimum absolute atomic E-state index is 0.238. The quantitative estimate of drug-likeness (QED) is 0.331. The maximum Gasteiger partial charge on any atom is 0.167 e. The number of hydrogen-bond donors (Lipinski definition) is 1. The summed E-state index contributed by atoms with van der Waals surface area (Å²) >= 11 is 2.34. The van der Waals surface area contributed by atoms with E-state index in [2.05, 4.69) is 36.9 Å². The molecule has 31 heavy (non-hydrogen) atoms. The van der Waals surface area contributed by atoms with Gasteiger partial charge in [-0.25, -0.2) is 0 Å². The first-order chi connectivity index (χ1) is 14.8. The van der Waals surface area contributed by atoms with Crippen LogP contribution in [0, 0.1) is 0 Å². The van der Waals surface area contributed by atoms with Gasteiger partial charge in [-0.3, -0.25) is 4.98 Å². The zero-order valence-electron chi connectivity index (χ0n) is 17.6. The van der Waals surface area contributed by atoms with E-state index in [1.54, 1.807) is 6.20 Å². The number of halogens is 1. The second-order valence-corrected chi connectivity index (χ2v) is 11.2. The van der Waals surface area contributed by atoms with Gasteiger partial charge in [-0.1, -0.05) is 45.4 Å². The molecule has 2 heterocycles. The molecule has 4 rings (SSSR count). The fraction of sp³-hybridized carbons (Fsp3) is 0.250. The van der Waals surface area contributed by atoms with Crippen LogP contribution in [0.1, 0.15) is 38.1 Å². The number of para-hydroxylation sites is 1. The Morgan fingerprint density at radius 1 is 1.10 bits per heavy atom. The zero-order chi connectivity index (χ0) is 22.0. The van der Waals surface area contributed by atoms with E-state index in [0.29, 0.717) is 6.42 Å². The van der Waals surface area contributed by atoms with Gasteiger partial charge in [0.25, 0.3) is 0 Å². The van der Waals surface area contributed by atoms with Crippen molar-refractivity contribution in [3.05, 3.63) is 82.6 Å². The Bertz CT molecular complexity index is 1170. The summed E-state index contributed by atoms with van der Waals surface area (Å²) < 4.78 is 22.5. The van der Waals surface area contributed by atoms with E-state index >= 15 is 0 Å². The molecule has 0 spiro atoms. The van der Waals surface area contributed by atoms with Gasteiger partial charge in [0.2, 0.25) is 0 Å². The Kier molecular flexibility index (Phi) is 6.48. The fourth-order valence-electron chi connectivity index (χ4n) is 3.37. The lowest BCUT2D eigenvalue weighted by molar-refractivity contribution is 0.459. The molecular formula is C24H24BrN3O2S. The number of nitrogens with zero attached hydrogens (tertiary/aromatic N) is 2. The summed E-state index contributed by atoms with van der Waals surface area (Å²) in [6.07, 6.45) is 2.36.